The highest BCUT2D eigenvalue weighted by Crippen LogP contribution is 2.50. The third-order valence-corrected chi connectivity index (χ3v) is 4.67. The molecule has 126 valence electrons. The SMILES string of the molecule is Cc1ccc(CN(C)C(=O)C2CC2c2ccc3c(c2)OCCO3)o1. The number of nitrogens with zero attached hydrogens (tertiary/aromatic N) is 1. The summed E-state index contributed by atoms with van der Waals surface area (Å²) in [5.74, 6) is 3.76. The molecule has 1 aromatic carbocycles. The molecule has 2 heterocycles. The summed E-state index contributed by atoms with van der Waals surface area (Å²) >= 11 is 0. The minimum atomic E-state index is 0.0496. The van der Waals surface area contributed by atoms with Gasteiger partial charge < -0.3 is 18.8 Å². The van der Waals surface area contributed by atoms with Crippen LogP contribution in [0.1, 0.15) is 29.4 Å². The fourth-order valence-electron chi connectivity index (χ4n) is 3.29. The Morgan fingerprint density at radius 2 is 1.96 bits per heavy atom. The van der Waals surface area contributed by atoms with Crippen LogP contribution in [-0.4, -0.2) is 31.1 Å². The van der Waals surface area contributed by atoms with Gasteiger partial charge in [0.1, 0.15) is 24.7 Å². The number of hydrogen-bond acceptors (Lipinski definition) is 4. The van der Waals surface area contributed by atoms with Gasteiger partial charge in [0.25, 0.3) is 0 Å². The van der Waals surface area contributed by atoms with E-state index in [1.54, 1.807) is 4.90 Å². The van der Waals surface area contributed by atoms with Crippen molar-refractivity contribution in [2.24, 2.45) is 5.92 Å². The molecule has 1 aliphatic carbocycles. The molecule has 0 radical (unpaired) electrons. The lowest BCUT2D eigenvalue weighted by Gasteiger charge is -2.19. The van der Waals surface area contributed by atoms with E-state index in [1.165, 1.54) is 0 Å². The van der Waals surface area contributed by atoms with Crippen LogP contribution in [0.25, 0.3) is 0 Å². The maximum atomic E-state index is 12.6. The number of furan rings is 1. The van der Waals surface area contributed by atoms with Gasteiger partial charge in [-0.25, -0.2) is 0 Å². The van der Waals surface area contributed by atoms with E-state index in [0.717, 1.165) is 35.0 Å². The van der Waals surface area contributed by atoms with Crippen LogP contribution in [0.4, 0.5) is 0 Å². The summed E-state index contributed by atoms with van der Waals surface area (Å²) in [4.78, 5) is 14.4. The van der Waals surface area contributed by atoms with Crippen LogP contribution < -0.4 is 9.47 Å². The number of ether oxygens (including phenoxy) is 2. The quantitative estimate of drug-likeness (QED) is 0.866. The van der Waals surface area contributed by atoms with Gasteiger partial charge >= 0.3 is 0 Å². The Hall–Kier alpha value is -2.43. The van der Waals surface area contributed by atoms with Crippen LogP contribution in [0.2, 0.25) is 0 Å². The topological polar surface area (TPSA) is 51.9 Å². The molecule has 0 bridgehead atoms. The highest BCUT2D eigenvalue weighted by atomic mass is 16.6. The number of rotatable bonds is 4. The Morgan fingerprint density at radius 1 is 1.17 bits per heavy atom. The zero-order chi connectivity index (χ0) is 16.7. The smallest absolute Gasteiger partial charge is 0.226 e. The fourth-order valence-corrected chi connectivity index (χ4v) is 3.29. The van der Waals surface area contributed by atoms with Crippen molar-refractivity contribution in [3.63, 3.8) is 0 Å². The van der Waals surface area contributed by atoms with Gasteiger partial charge in [-0.05, 0) is 49.1 Å². The Kier molecular flexibility index (Phi) is 3.71. The van der Waals surface area contributed by atoms with Crippen LogP contribution in [0.15, 0.2) is 34.7 Å². The first kappa shape index (κ1) is 15.1. The van der Waals surface area contributed by atoms with Gasteiger partial charge in [-0.3, -0.25) is 4.79 Å². The third kappa shape index (κ3) is 2.86. The largest absolute Gasteiger partial charge is 0.486 e. The first-order valence-electron chi connectivity index (χ1n) is 8.31. The molecule has 1 saturated carbocycles. The van der Waals surface area contributed by atoms with E-state index < -0.39 is 0 Å². The monoisotopic (exact) mass is 327 g/mol. The normalized spacial score (nSPS) is 21.4. The molecule has 5 heteroatoms. The Balaban J connectivity index is 1.41. The lowest BCUT2D eigenvalue weighted by atomic mass is 10.1. The van der Waals surface area contributed by atoms with Crippen molar-refractivity contribution in [3.05, 3.63) is 47.4 Å². The van der Waals surface area contributed by atoms with Gasteiger partial charge in [-0.1, -0.05) is 6.07 Å². The summed E-state index contributed by atoms with van der Waals surface area (Å²) in [6.45, 7) is 3.59. The molecule has 5 nitrogen and oxygen atoms in total. The predicted molar refractivity (Wildman–Crippen MR) is 88.2 cm³/mol. The minimum absolute atomic E-state index is 0.0496. The molecule has 2 aliphatic rings. The van der Waals surface area contributed by atoms with Crippen molar-refractivity contribution in [1.82, 2.24) is 4.90 Å². The highest BCUT2D eigenvalue weighted by Gasteiger charge is 2.45. The molecular formula is C19H21NO4. The zero-order valence-corrected chi connectivity index (χ0v) is 14.0. The van der Waals surface area contributed by atoms with Crippen molar-refractivity contribution in [2.75, 3.05) is 20.3 Å². The predicted octanol–water partition coefficient (Wildman–Crippen LogP) is 3.12. The molecule has 2 atom stereocenters. The molecule has 1 aliphatic heterocycles. The van der Waals surface area contributed by atoms with E-state index in [0.29, 0.717) is 19.8 Å². The Labute approximate surface area is 141 Å². The lowest BCUT2D eigenvalue weighted by Crippen LogP contribution is -2.27. The Bertz CT molecular complexity index is 766. The summed E-state index contributed by atoms with van der Waals surface area (Å²) in [6, 6.07) is 9.84. The standard InChI is InChI=1S/C19H21NO4/c1-12-3-5-14(24-12)11-20(2)19(21)16-10-15(16)13-4-6-17-18(9-13)23-8-7-22-17/h3-6,9,15-16H,7-8,10-11H2,1-2H3. The summed E-state index contributed by atoms with van der Waals surface area (Å²) in [7, 11) is 1.83. The van der Waals surface area contributed by atoms with E-state index in [4.69, 9.17) is 13.9 Å². The first-order valence-corrected chi connectivity index (χ1v) is 8.31. The van der Waals surface area contributed by atoms with Crippen molar-refractivity contribution in [1.29, 1.82) is 0 Å². The number of benzene rings is 1. The molecule has 0 saturated heterocycles. The number of fused-ring (bicyclic) bond motifs is 1. The number of carbonyl (C=O) groups is 1. The second-order valence-corrected chi connectivity index (χ2v) is 6.56. The molecule has 2 aromatic rings. The first-order chi connectivity index (χ1) is 11.6. The van der Waals surface area contributed by atoms with Gasteiger partial charge in [-0.2, -0.15) is 0 Å². The van der Waals surface area contributed by atoms with Gasteiger partial charge in [0, 0.05) is 13.0 Å². The summed E-state index contributed by atoms with van der Waals surface area (Å²) in [6.07, 6.45) is 0.889. The summed E-state index contributed by atoms with van der Waals surface area (Å²) in [5.41, 5.74) is 1.15. The van der Waals surface area contributed by atoms with E-state index in [-0.39, 0.29) is 17.7 Å². The van der Waals surface area contributed by atoms with Gasteiger partial charge in [0.05, 0.1) is 6.54 Å². The van der Waals surface area contributed by atoms with Crippen molar-refractivity contribution >= 4 is 5.91 Å². The molecule has 1 aromatic heterocycles. The number of aryl methyl sites for hydroxylation is 1. The third-order valence-electron chi connectivity index (χ3n) is 4.67. The van der Waals surface area contributed by atoms with Gasteiger partial charge in [-0.15, -0.1) is 0 Å². The average molecular weight is 327 g/mol. The maximum absolute atomic E-state index is 12.6. The lowest BCUT2D eigenvalue weighted by molar-refractivity contribution is -0.132. The number of carbonyl (C=O) groups excluding carboxylic acids is 1. The second kappa shape index (κ2) is 5.89. The van der Waals surface area contributed by atoms with Crippen molar-refractivity contribution in [3.8, 4) is 11.5 Å². The fraction of sp³-hybridized carbons (Fsp3) is 0.421. The second-order valence-electron chi connectivity index (χ2n) is 6.56. The van der Waals surface area contributed by atoms with Crippen molar-refractivity contribution < 1.29 is 18.7 Å². The number of hydrogen-bond donors (Lipinski definition) is 0. The summed E-state index contributed by atoms with van der Waals surface area (Å²) < 4.78 is 16.7. The van der Waals surface area contributed by atoms with E-state index in [2.05, 4.69) is 0 Å². The van der Waals surface area contributed by atoms with Crippen LogP contribution in [0.5, 0.6) is 11.5 Å². The van der Waals surface area contributed by atoms with Crippen LogP contribution >= 0.6 is 0 Å². The molecule has 2 unspecified atom stereocenters. The molecule has 0 N–H and O–H groups in total. The molecule has 24 heavy (non-hydrogen) atoms. The molecule has 4 rings (SSSR count). The maximum Gasteiger partial charge on any atom is 0.226 e. The van der Waals surface area contributed by atoms with Crippen LogP contribution in [0.3, 0.4) is 0 Å². The van der Waals surface area contributed by atoms with E-state index in [9.17, 15) is 4.79 Å². The summed E-state index contributed by atoms with van der Waals surface area (Å²) in [5, 5.41) is 0. The van der Waals surface area contributed by atoms with Gasteiger partial charge in [0.2, 0.25) is 5.91 Å². The molecule has 1 amide bonds. The average Bonchev–Trinajstić information content (AvgIpc) is 3.29. The van der Waals surface area contributed by atoms with Crippen molar-refractivity contribution in [2.45, 2.75) is 25.8 Å². The minimum Gasteiger partial charge on any atom is -0.486 e. The van der Waals surface area contributed by atoms with Gasteiger partial charge in [0.15, 0.2) is 11.5 Å². The van der Waals surface area contributed by atoms with Crippen LogP contribution in [-0.2, 0) is 11.3 Å². The number of amides is 1. The molecule has 1 fully saturated rings. The Morgan fingerprint density at radius 3 is 2.71 bits per heavy atom. The zero-order valence-electron chi connectivity index (χ0n) is 14.0. The molecule has 0 spiro atoms. The van der Waals surface area contributed by atoms with E-state index >= 15 is 0 Å². The molecular weight excluding hydrogens is 306 g/mol. The highest BCUT2D eigenvalue weighted by molar-refractivity contribution is 5.82. The van der Waals surface area contributed by atoms with E-state index in [1.807, 2.05) is 44.3 Å². The van der Waals surface area contributed by atoms with Crippen LogP contribution in [0, 0.1) is 12.8 Å².